The highest BCUT2D eigenvalue weighted by atomic mass is 16.5. The van der Waals surface area contributed by atoms with Crippen LogP contribution >= 0.6 is 0 Å². The molecule has 1 aromatic heterocycles. The van der Waals surface area contributed by atoms with E-state index < -0.39 is 0 Å². The minimum absolute atomic E-state index is 0.398. The van der Waals surface area contributed by atoms with Gasteiger partial charge in [-0.2, -0.15) is 0 Å². The molecule has 0 amide bonds. The Morgan fingerprint density at radius 1 is 1.29 bits per heavy atom. The Bertz CT molecular complexity index is 343. The fourth-order valence-corrected chi connectivity index (χ4v) is 1.31. The van der Waals surface area contributed by atoms with E-state index in [1.54, 1.807) is 0 Å². The number of ether oxygens (including phenoxy) is 1. The van der Waals surface area contributed by atoms with E-state index in [2.05, 4.69) is 34.4 Å². The monoisotopic (exact) mass is 238 g/mol. The van der Waals surface area contributed by atoms with Crippen LogP contribution in [-0.2, 0) is 11.3 Å². The van der Waals surface area contributed by atoms with Crippen LogP contribution in [-0.4, -0.2) is 29.7 Å². The van der Waals surface area contributed by atoms with Gasteiger partial charge < -0.3 is 15.4 Å². The second-order valence-corrected chi connectivity index (χ2v) is 3.90. The van der Waals surface area contributed by atoms with Gasteiger partial charge >= 0.3 is 0 Å². The van der Waals surface area contributed by atoms with Gasteiger partial charge in [-0.3, -0.25) is 0 Å². The van der Waals surface area contributed by atoms with Gasteiger partial charge in [-0.1, -0.05) is 6.92 Å². The van der Waals surface area contributed by atoms with Gasteiger partial charge in [-0.05, 0) is 20.3 Å². The molecule has 1 heterocycles. The lowest BCUT2D eigenvalue weighted by molar-refractivity contribution is 0.128. The molecule has 0 aromatic carbocycles. The first-order chi connectivity index (χ1) is 8.19. The van der Waals surface area contributed by atoms with Crippen molar-refractivity contribution >= 4 is 11.6 Å². The highest BCUT2D eigenvalue weighted by Gasteiger charge is 2.06. The molecular formula is C12H22N4O. The standard InChI is InChI=1S/C12H22N4O/c1-5-9(3)14-11-7-10(13-4)15-12(16-11)8-17-6-2/h7,9H,5-6,8H2,1-4H3,(H2,13,14,15,16). The number of hydrogen-bond acceptors (Lipinski definition) is 5. The van der Waals surface area contributed by atoms with Crippen molar-refractivity contribution in [2.45, 2.75) is 39.8 Å². The molecular weight excluding hydrogens is 216 g/mol. The third-order valence-corrected chi connectivity index (χ3v) is 2.47. The average molecular weight is 238 g/mol. The van der Waals surface area contributed by atoms with Gasteiger partial charge in [0.25, 0.3) is 0 Å². The van der Waals surface area contributed by atoms with Crippen LogP contribution in [0.2, 0.25) is 0 Å². The second-order valence-electron chi connectivity index (χ2n) is 3.90. The first-order valence-electron chi connectivity index (χ1n) is 6.09. The van der Waals surface area contributed by atoms with Crippen LogP contribution in [0.5, 0.6) is 0 Å². The lowest BCUT2D eigenvalue weighted by Crippen LogP contribution is -2.16. The maximum absolute atomic E-state index is 5.32. The van der Waals surface area contributed by atoms with E-state index in [1.807, 2.05) is 20.0 Å². The van der Waals surface area contributed by atoms with Crippen LogP contribution in [0.4, 0.5) is 11.6 Å². The summed E-state index contributed by atoms with van der Waals surface area (Å²) in [6.45, 7) is 7.34. The Morgan fingerprint density at radius 3 is 2.59 bits per heavy atom. The van der Waals surface area contributed by atoms with E-state index >= 15 is 0 Å². The Balaban J connectivity index is 2.80. The summed E-state index contributed by atoms with van der Waals surface area (Å²) in [7, 11) is 1.85. The van der Waals surface area contributed by atoms with E-state index in [9.17, 15) is 0 Å². The zero-order valence-electron chi connectivity index (χ0n) is 11.1. The van der Waals surface area contributed by atoms with Crippen molar-refractivity contribution in [3.8, 4) is 0 Å². The third-order valence-electron chi connectivity index (χ3n) is 2.47. The topological polar surface area (TPSA) is 59.1 Å². The summed E-state index contributed by atoms with van der Waals surface area (Å²) in [5.41, 5.74) is 0. The maximum atomic E-state index is 5.32. The van der Waals surface area contributed by atoms with Gasteiger partial charge in [0.1, 0.15) is 18.2 Å². The van der Waals surface area contributed by atoms with Crippen molar-refractivity contribution in [2.24, 2.45) is 0 Å². The summed E-state index contributed by atoms with van der Waals surface area (Å²) < 4.78 is 5.32. The normalized spacial score (nSPS) is 12.2. The molecule has 1 unspecified atom stereocenters. The minimum Gasteiger partial charge on any atom is -0.374 e. The molecule has 17 heavy (non-hydrogen) atoms. The first-order valence-corrected chi connectivity index (χ1v) is 6.09. The van der Waals surface area contributed by atoms with E-state index in [0.717, 1.165) is 18.1 Å². The predicted octanol–water partition coefficient (Wildman–Crippen LogP) is 2.27. The quantitative estimate of drug-likeness (QED) is 0.763. The van der Waals surface area contributed by atoms with Gasteiger partial charge in [0.15, 0.2) is 5.82 Å². The molecule has 0 aliphatic carbocycles. The molecule has 0 aliphatic rings. The van der Waals surface area contributed by atoms with Crippen molar-refractivity contribution in [1.82, 2.24) is 9.97 Å². The molecule has 0 bridgehead atoms. The molecule has 1 atom stereocenters. The molecule has 2 N–H and O–H groups in total. The van der Waals surface area contributed by atoms with E-state index in [1.165, 1.54) is 0 Å². The number of aromatic nitrogens is 2. The molecule has 0 radical (unpaired) electrons. The molecule has 0 aliphatic heterocycles. The fourth-order valence-electron chi connectivity index (χ4n) is 1.31. The van der Waals surface area contributed by atoms with Crippen molar-refractivity contribution in [1.29, 1.82) is 0 Å². The highest BCUT2D eigenvalue weighted by Crippen LogP contribution is 2.13. The Labute approximate surface area is 103 Å². The summed E-state index contributed by atoms with van der Waals surface area (Å²) in [4.78, 5) is 8.75. The van der Waals surface area contributed by atoms with Gasteiger partial charge in [-0.25, -0.2) is 9.97 Å². The van der Waals surface area contributed by atoms with Gasteiger partial charge in [0.2, 0.25) is 0 Å². The van der Waals surface area contributed by atoms with E-state index in [-0.39, 0.29) is 0 Å². The number of anilines is 2. The average Bonchev–Trinajstić information content (AvgIpc) is 2.35. The molecule has 0 fully saturated rings. The SMILES string of the molecule is CCOCc1nc(NC)cc(NC(C)CC)n1. The molecule has 5 heteroatoms. The highest BCUT2D eigenvalue weighted by molar-refractivity contribution is 5.47. The van der Waals surface area contributed by atoms with Crippen LogP contribution in [0.3, 0.4) is 0 Å². The zero-order valence-corrected chi connectivity index (χ0v) is 11.1. The lowest BCUT2D eigenvalue weighted by Gasteiger charge is -2.14. The molecule has 96 valence electrons. The summed E-state index contributed by atoms with van der Waals surface area (Å²) in [6, 6.07) is 2.30. The summed E-state index contributed by atoms with van der Waals surface area (Å²) in [5, 5.41) is 6.37. The van der Waals surface area contributed by atoms with Crippen molar-refractivity contribution in [3.63, 3.8) is 0 Å². The van der Waals surface area contributed by atoms with Crippen LogP contribution in [0.15, 0.2) is 6.07 Å². The van der Waals surface area contributed by atoms with Crippen LogP contribution in [0.25, 0.3) is 0 Å². The smallest absolute Gasteiger partial charge is 0.158 e. The number of rotatable bonds is 7. The van der Waals surface area contributed by atoms with Crippen LogP contribution in [0, 0.1) is 0 Å². The summed E-state index contributed by atoms with van der Waals surface area (Å²) in [6.07, 6.45) is 1.06. The molecule has 0 spiro atoms. The predicted molar refractivity (Wildman–Crippen MR) is 70.3 cm³/mol. The largest absolute Gasteiger partial charge is 0.374 e. The lowest BCUT2D eigenvalue weighted by atomic mass is 10.2. The minimum atomic E-state index is 0.398. The van der Waals surface area contributed by atoms with E-state index in [4.69, 9.17) is 4.74 Å². The molecule has 1 aromatic rings. The van der Waals surface area contributed by atoms with Crippen LogP contribution < -0.4 is 10.6 Å². The van der Waals surface area contributed by atoms with Gasteiger partial charge in [-0.15, -0.1) is 0 Å². The maximum Gasteiger partial charge on any atom is 0.158 e. The van der Waals surface area contributed by atoms with Gasteiger partial charge in [0.05, 0.1) is 0 Å². The second kappa shape index (κ2) is 7.06. The van der Waals surface area contributed by atoms with Crippen molar-refractivity contribution < 1.29 is 4.74 Å². The number of hydrogen-bond donors (Lipinski definition) is 2. The summed E-state index contributed by atoms with van der Waals surface area (Å²) >= 11 is 0. The molecule has 0 saturated heterocycles. The molecule has 1 rings (SSSR count). The van der Waals surface area contributed by atoms with Gasteiger partial charge in [0, 0.05) is 25.8 Å². The zero-order chi connectivity index (χ0) is 12.7. The van der Waals surface area contributed by atoms with Crippen molar-refractivity contribution in [2.75, 3.05) is 24.3 Å². The number of nitrogens with one attached hydrogen (secondary N) is 2. The third kappa shape index (κ3) is 4.56. The Morgan fingerprint density at radius 2 is 2.00 bits per heavy atom. The molecule has 5 nitrogen and oxygen atoms in total. The van der Waals surface area contributed by atoms with E-state index in [0.29, 0.717) is 25.1 Å². The van der Waals surface area contributed by atoms with Crippen molar-refractivity contribution in [3.05, 3.63) is 11.9 Å². The molecule has 0 saturated carbocycles. The van der Waals surface area contributed by atoms with Crippen LogP contribution in [0.1, 0.15) is 33.0 Å². The Kier molecular flexibility index (Phi) is 5.69. The summed E-state index contributed by atoms with van der Waals surface area (Å²) in [5.74, 6) is 2.35. The fraction of sp³-hybridized carbons (Fsp3) is 0.667. The number of nitrogens with zero attached hydrogens (tertiary/aromatic N) is 2. The Hall–Kier alpha value is -1.36. The first kappa shape index (κ1) is 13.7.